The van der Waals surface area contributed by atoms with Crippen molar-refractivity contribution in [3.05, 3.63) is 36.4 Å². The standard InChI is InChI=1S/C15H18N2O2S/c1-10(2)9-19-13-6-4-3-5-12(13)16-15(20)17-14(18)11-7-8-11/h3-6,11H,1,7-9H2,2H3,(H2,16,17,18,20). The van der Waals surface area contributed by atoms with Crippen LogP contribution in [0, 0.1) is 5.92 Å². The van der Waals surface area contributed by atoms with Crippen LogP contribution in [0.25, 0.3) is 0 Å². The Labute approximate surface area is 124 Å². The van der Waals surface area contributed by atoms with Gasteiger partial charge in [0, 0.05) is 5.92 Å². The summed E-state index contributed by atoms with van der Waals surface area (Å²) >= 11 is 5.14. The van der Waals surface area contributed by atoms with Gasteiger partial charge in [-0.3, -0.25) is 4.79 Å². The Kier molecular flexibility index (Phi) is 4.74. The highest BCUT2D eigenvalue weighted by atomic mass is 32.1. The van der Waals surface area contributed by atoms with Gasteiger partial charge in [-0.05, 0) is 49.7 Å². The molecular formula is C15H18N2O2S. The number of carbonyl (C=O) groups is 1. The summed E-state index contributed by atoms with van der Waals surface area (Å²) in [5.41, 5.74) is 1.67. The first kappa shape index (κ1) is 14.5. The summed E-state index contributed by atoms with van der Waals surface area (Å²) in [5.74, 6) is 0.797. The van der Waals surface area contributed by atoms with E-state index in [2.05, 4.69) is 17.2 Å². The smallest absolute Gasteiger partial charge is 0.229 e. The number of hydrogen-bond donors (Lipinski definition) is 2. The predicted molar refractivity (Wildman–Crippen MR) is 83.8 cm³/mol. The molecule has 0 aliphatic heterocycles. The van der Waals surface area contributed by atoms with Gasteiger partial charge in [0.15, 0.2) is 5.11 Å². The number of rotatable bonds is 5. The van der Waals surface area contributed by atoms with Gasteiger partial charge in [0.2, 0.25) is 5.91 Å². The zero-order chi connectivity index (χ0) is 14.5. The summed E-state index contributed by atoms with van der Waals surface area (Å²) in [6, 6.07) is 7.45. The van der Waals surface area contributed by atoms with E-state index in [9.17, 15) is 4.79 Å². The molecule has 4 nitrogen and oxygen atoms in total. The fourth-order valence-corrected chi connectivity index (χ4v) is 1.82. The zero-order valence-electron chi connectivity index (χ0n) is 11.4. The molecule has 2 rings (SSSR count). The van der Waals surface area contributed by atoms with Crippen LogP contribution in [0.15, 0.2) is 36.4 Å². The molecule has 1 amide bonds. The summed E-state index contributed by atoms with van der Waals surface area (Å²) in [6.45, 7) is 6.14. The van der Waals surface area contributed by atoms with E-state index in [-0.39, 0.29) is 11.8 Å². The summed E-state index contributed by atoms with van der Waals surface area (Å²) in [4.78, 5) is 11.6. The number of anilines is 1. The van der Waals surface area contributed by atoms with E-state index in [1.807, 2.05) is 31.2 Å². The molecule has 1 aliphatic carbocycles. The van der Waals surface area contributed by atoms with Crippen LogP contribution in [0.3, 0.4) is 0 Å². The van der Waals surface area contributed by atoms with Gasteiger partial charge in [-0.1, -0.05) is 18.7 Å². The molecule has 1 fully saturated rings. The Morgan fingerprint density at radius 3 is 2.80 bits per heavy atom. The third-order valence-electron chi connectivity index (χ3n) is 2.79. The van der Waals surface area contributed by atoms with Crippen LogP contribution in [0.4, 0.5) is 5.69 Å². The van der Waals surface area contributed by atoms with Gasteiger partial charge in [0.25, 0.3) is 0 Å². The number of thiocarbonyl (C=S) groups is 1. The Morgan fingerprint density at radius 2 is 2.15 bits per heavy atom. The van der Waals surface area contributed by atoms with Gasteiger partial charge in [-0.25, -0.2) is 0 Å². The maximum atomic E-state index is 11.6. The van der Waals surface area contributed by atoms with Gasteiger partial charge in [0.05, 0.1) is 5.69 Å². The summed E-state index contributed by atoms with van der Waals surface area (Å²) in [6.07, 6.45) is 1.90. The molecule has 20 heavy (non-hydrogen) atoms. The third kappa shape index (κ3) is 4.35. The highest BCUT2D eigenvalue weighted by Crippen LogP contribution is 2.29. The molecule has 0 heterocycles. The SMILES string of the molecule is C=C(C)COc1ccccc1NC(=S)NC(=O)C1CC1. The minimum atomic E-state index is -0.0113. The van der Waals surface area contributed by atoms with E-state index in [0.29, 0.717) is 17.5 Å². The lowest BCUT2D eigenvalue weighted by Gasteiger charge is -2.14. The van der Waals surface area contributed by atoms with Crippen molar-refractivity contribution in [2.24, 2.45) is 5.92 Å². The minimum Gasteiger partial charge on any atom is -0.487 e. The van der Waals surface area contributed by atoms with Gasteiger partial charge in [-0.15, -0.1) is 0 Å². The number of amides is 1. The van der Waals surface area contributed by atoms with E-state index in [1.165, 1.54) is 0 Å². The lowest BCUT2D eigenvalue weighted by molar-refractivity contribution is -0.120. The molecule has 0 aromatic heterocycles. The normalized spacial score (nSPS) is 13.4. The second kappa shape index (κ2) is 6.52. The van der Waals surface area contributed by atoms with Crippen LogP contribution in [0.1, 0.15) is 19.8 Å². The zero-order valence-corrected chi connectivity index (χ0v) is 12.3. The van der Waals surface area contributed by atoms with Crippen LogP contribution in [-0.4, -0.2) is 17.6 Å². The predicted octanol–water partition coefficient (Wildman–Crippen LogP) is 2.86. The number of hydrogen-bond acceptors (Lipinski definition) is 3. The second-order valence-electron chi connectivity index (χ2n) is 4.96. The van der Waals surface area contributed by atoms with Crippen molar-refractivity contribution >= 4 is 28.9 Å². The molecule has 1 saturated carbocycles. The maximum absolute atomic E-state index is 11.6. The van der Waals surface area contributed by atoms with E-state index >= 15 is 0 Å². The fraction of sp³-hybridized carbons (Fsp3) is 0.333. The van der Waals surface area contributed by atoms with Crippen molar-refractivity contribution in [3.8, 4) is 5.75 Å². The molecule has 0 bridgehead atoms. The molecule has 106 valence electrons. The molecule has 1 aromatic rings. The van der Waals surface area contributed by atoms with Crippen molar-refractivity contribution in [1.82, 2.24) is 5.32 Å². The average Bonchev–Trinajstić information content (AvgIpc) is 3.21. The molecule has 0 spiro atoms. The van der Waals surface area contributed by atoms with Crippen molar-refractivity contribution in [1.29, 1.82) is 0 Å². The first-order valence-corrected chi connectivity index (χ1v) is 6.95. The van der Waals surface area contributed by atoms with Crippen molar-refractivity contribution in [2.75, 3.05) is 11.9 Å². The average molecular weight is 290 g/mol. The lowest BCUT2D eigenvalue weighted by atomic mass is 10.3. The monoisotopic (exact) mass is 290 g/mol. The van der Waals surface area contributed by atoms with Crippen molar-refractivity contribution in [3.63, 3.8) is 0 Å². The molecule has 5 heteroatoms. The molecular weight excluding hydrogens is 272 g/mol. The molecule has 2 N–H and O–H groups in total. The van der Waals surface area contributed by atoms with Crippen LogP contribution < -0.4 is 15.4 Å². The first-order valence-electron chi connectivity index (χ1n) is 6.54. The van der Waals surface area contributed by atoms with Crippen molar-refractivity contribution < 1.29 is 9.53 Å². The van der Waals surface area contributed by atoms with Gasteiger partial charge < -0.3 is 15.4 Å². The molecule has 0 atom stereocenters. The van der Waals surface area contributed by atoms with Crippen molar-refractivity contribution in [2.45, 2.75) is 19.8 Å². The number of carbonyl (C=O) groups excluding carboxylic acids is 1. The van der Waals surface area contributed by atoms with Gasteiger partial charge in [-0.2, -0.15) is 0 Å². The van der Waals surface area contributed by atoms with Crippen LogP contribution in [0.2, 0.25) is 0 Å². The molecule has 1 aliphatic rings. The van der Waals surface area contributed by atoms with E-state index < -0.39 is 0 Å². The highest BCUT2D eigenvalue weighted by molar-refractivity contribution is 7.80. The fourth-order valence-electron chi connectivity index (χ4n) is 1.61. The molecule has 1 aromatic carbocycles. The highest BCUT2D eigenvalue weighted by Gasteiger charge is 2.30. The Hall–Kier alpha value is -1.88. The van der Waals surface area contributed by atoms with Crippen LogP contribution in [0.5, 0.6) is 5.75 Å². The number of para-hydroxylation sites is 2. The molecule has 0 radical (unpaired) electrons. The Bertz CT molecular complexity index is 538. The Morgan fingerprint density at radius 1 is 1.45 bits per heavy atom. The number of benzene rings is 1. The second-order valence-corrected chi connectivity index (χ2v) is 5.37. The largest absolute Gasteiger partial charge is 0.487 e. The quantitative estimate of drug-likeness (QED) is 0.647. The van der Waals surface area contributed by atoms with Gasteiger partial charge in [0.1, 0.15) is 12.4 Å². The topological polar surface area (TPSA) is 50.4 Å². The first-order chi connectivity index (χ1) is 9.56. The van der Waals surface area contributed by atoms with E-state index in [0.717, 1.165) is 24.1 Å². The van der Waals surface area contributed by atoms with E-state index in [1.54, 1.807) is 0 Å². The van der Waals surface area contributed by atoms with Gasteiger partial charge >= 0.3 is 0 Å². The van der Waals surface area contributed by atoms with E-state index in [4.69, 9.17) is 17.0 Å². The summed E-state index contributed by atoms with van der Waals surface area (Å²) < 4.78 is 5.63. The minimum absolute atomic E-state index is 0.0113. The Balaban J connectivity index is 1.95. The number of ether oxygens (including phenoxy) is 1. The molecule has 0 saturated heterocycles. The lowest BCUT2D eigenvalue weighted by Crippen LogP contribution is -2.35. The van der Waals surface area contributed by atoms with Crippen LogP contribution in [-0.2, 0) is 4.79 Å². The summed E-state index contributed by atoms with van der Waals surface area (Å²) in [7, 11) is 0. The third-order valence-corrected chi connectivity index (χ3v) is 3.00. The van der Waals surface area contributed by atoms with Crippen LogP contribution >= 0.6 is 12.2 Å². The number of nitrogens with one attached hydrogen (secondary N) is 2. The summed E-state index contributed by atoms with van der Waals surface area (Å²) in [5, 5.41) is 5.98. The molecule has 0 unspecified atom stereocenters. The maximum Gasteiger partial charge on any atom is 0.229 e.